The molecule has 0 fully saturated rings. The zero-order valence-electron chi connectivity index (χ0n) is 8.46. The van der Waals surface area contributed by atoms with Crippen LogP contribution in [-0.4, -0.2) is 5.91 Å². The first kappa shape index (κ1) is 12.1. The van der Waals surface area contributed by atoms with Crippen molar-refractivity contribution >= 4 is 5.91 Å². The van der Waals surface area contributed by atoms with E-state index < -0.39 is 11.6 Å². The Bertz CT molecular complexity index is 426. The second-order valence-corrected chi connectivity index (χ2v) is 3.17. The van der Waals surface area contributed by atoms with Crippen LogP contribution in [0, 0.1) is 23.0 Å². The van der Waals surface area contributed by atoms with Gasteiger partial charge in [-0.2, -0.15) is 5.26 Å². The first-order valence-electron chi connectivity index (χ1n) is 4.71. The Kier molecular flexibility index (Phi) is 4.40. The average Bonchev–Trinajstić information content (AvgIpc) is 2.27. The van der Waals surface area contributed by atoms with Gasteiger partial charge in [-0.25, -0.2) is 8.78 Å². The molecule has 5 heteroatoms. The van der Waals surface area contributed by atoms with E-state index in [9.17, 15) is 13.6 Å². The highest BCUT2D eigenvalue weighted by Crippen LogP contribution is 2.09. The van der Waals surface area contributed by atoms with Crippen molar-refractivity contribution in [2.75, 3.05) is 0 Å². The van der Waals surface area contributed by atoms with Crippen molar-refractivity contribution < 1.29 is 13.6 Å². The number of carbonyl (C=O) groups is 1. The zero-order valence-corrected chi connectivity index (χ0v) is 8.46. The van der Waals surface area contributed by atoms with Gasteiger partial charge in [0.25, 0.3) is 0 Å². The van der Waals surface area contributed by atoms with Crippen LogP contribution in [-0.2, 0) is 11.3 Å². The van der Waals surface area contributed by atoms with Crippen LogP contribution in [0.3, 0.4) is 0 Å². The summed E-state index contributed by atoms with van der Waals surface area (Å²) >= 11 is 0. The summed E-state index contributed by atoms with van der Waals surface area (Å²) in [6.07, 6.45) is 0.172. The van der Waals surface area contributed by atoms with E-state index in [1.807, 2.05) is 6.07 Å². The molecule has 0 aliphatic carbocycles. The van der Waals surface area contributed by atoms with Crippen LogP contribution in [0.1, 0.15) is 18.4 Å². The van der Waals surface area contributed by atoms with Gasteiger partial charge in [0.2, 0.25) is 5.91 Å². The molecule has 0 unspecified atom stereocenters. The van der Waals surface area contributed by atoms with E-state index in [1.54, 1.807) is 0 Å². The van der Waals surface area contributed by atoms with Gasteiger partial charge in [-0.1, -0.05) is 0 Å². The van der Waals surface area contributed by atoms with Crippen molar-refractivity contribution in [3.8, 4) is 6.07 Å². The minimum Gasteiger partial charge on any atom is -0.352 e. The summed E-state index contributed by atoms with van der Waals surface area (Å²) in [5, 5.41) is 10.6. The number of nitrogens with zero attached hydrogens (tertiary/aromatic N) is 1. The highest BCUT2D eigenvalue weighted by molar-refractivity contribution is 5.76. The molecule has 0 radical (unpaired) electrons. The van der Waals surface area contributed by atoms with Crippen molar-refractivity contribution in [1.82, 2.24) is 5.32 Å². The molecule has 0 aliphatic rings. The fraction of sp³-hybridized carbons (Fsp3) is 0.273. The van der Waals surface area contributed by atoms with Gasteiger partial charge >= 0.3 is 0 Å². The molecule has 1 N–H and O–H groups in total. The fourth-order valence-electron chi connectivity index (χ4n) is 1.13. The molecule has 1 aromatic rings. The van der Waals surface area contributed by atoms with E-state index >= 15 is 0 Å². The van der Waals surface area contributed by atoms with Crippen LogP contribution in [0.25, 0.3) is 0 Å². The molecule has 0 bridgehead atoms. The van der Waals surface area contributed by atoms with E-state index in [4.69, 9.17) is 5.26 Å². The SMILES string of the molecule is N#CCCC(=O)NCc1cc(F)ccc1F. The largest absolute Gasteiger partial charge is 0.352 e. The fourth-order valence-corrected chi connectivity index (χ4v) is 1.13. The third-order valence-electron chi connectivity index (χ3n) is 1.95. The summed E-state index contributed by atoms with van der Waals surface area (Å²) in [6, 6.07) is 4.87. The standard InChI is InChI=1S/C11H10F2N2O/c12-9-3-4-10(13)8(6-9)7-15-11(16)2-1-5-14/h3-4,6H,1-2,7H2,(H,15,16). The first-order chi connectivity index (χ1) is 7.63. The van der Waals surface area contributed by atoms with E-state index in [0.29, 0.717) is 0 Å². The normalized spacial score (nSPS) is 9.56. The Hall–Kier alpha value is -1.96. The molecule has 1 aromatic carbocycles. The molecule has 3 nitrogen and oxygen atoms in total. The van der Waals surface area contributed by atoms with E-state index in [1.165, 1.54) is 0 Å². The molecular formula is C11H10F2N2O. The second kappa shape index (κ2) is 5.81. The van der Waals surface area contributed by atoms with Gasteiger partial charge in [-0.3, -0.25) is 4.79 Å². The van der Waals surface area contributed by atoms with Crippen LogP contribution in [0.5, 0.6) is 0 Å². The van der Waals surface area contributed by atoms with Crippen molar-refractivity contribution in [2.24, 2.45) is 0 Å². The lowest BCUT2D eigenvalue weighted by molar-refractivity contribution is -0.121. The number of carbonyl (C=O) groups excluding carboxylic acids is 1. The summed E-state index contributed by atoms with van der Waals surface area (Å²) in [7, 11) is 0. The smallest absolute Gasteiger partial charge is 0.221 e. The molecule has 0 aromatic heterocycles. The summed E-state index contributed by atoms with van der Waals surface area (Å²) in [5.41, 5.74) is 0.0882. The van der Waals surface area contributed by atoms with Gasteiger partial charge in [0.05, 0.1) is 6.07 Å². The average molecular weight is 224 g/mol. The molecule has 1 rings (SSSR count). The van der Waals surface area contributed by atoms with Gasteiger partial charge in [0.1, 0.15) is 11.6 Å². The summed E-state index contributed by atoms with van der Waals surface area (Å²) in [6.45, 7) is -0.0755. The maximum atomic E-state index is 13.1. The van der Waals surface area contributed by atoms with Gasteiger partial charge < -0.3 is 5.32 Å². The van der Waals surface area contributed by atoms with Crippen molar-refractivity contribution in [1.29, 1.82) is 5.26 Å². The summed E-state index contributed by atoms with van der Waals surface area (Å²) in [5.74, 6) is -1.48. The Balaban J connectivity index is 2.51. The van der Waals surface area contributed by atoms with Gasteiger partial charge in [-0.15, -0.1) is 0 Å². The quantitative estimate of drug-likeness (QED) is 0.848. The highest BCUT2D eigenvalue weighted by atomic mass is 19.1. The number of halogens is 2. The minimum absolute atomic E-state index is 0.0629. The van der Waals surface area contributed by atoms with Crippen LogP contribution in [0.15, 0.2) is 18.2 Å². The van der Waals surface area contributed by atoms with E-state index in [-0.39, 0.29) is 30.9 Å². The Morgan fingerprint density at radius 1 is 1.44 bits per heavy atom. The monoisotopic (exact) mass is 224 g/mol. The number of amides is 1. The molecule has 0 atom stereocenters. The lowest BCUT2D eigenvalue weighted by Crippen LogP contribution is -2.22. The third-order valence-corrected chi connectivity index (χ3v) is 1.95. The highest BCUT2D eigenvalue weighted by Gasteiger charge is 2.05. The van der Waals surface area contributed by atoms with Crippen molar-refractivity contribution in [3.63, 3.8) is 0 Å². The van der Waals surface area contributed by atoms with Crippen LogP contribution >= 0.6 is 0 Å². The van der Waals surface area contributed by atoms with E-state index in [2.05, 4.69) is 5.32 Å². The molecule has 16 heavy (non-hydrogen) atoms. The molecule has 0 aliphatic heterocycles. The van der Waals surface area contributed by atoms with Crippen molar-refractivity contribution in [2.45, 2.75) is 19.4 Å². The lowest BCUT2D eigenvalue weighted by Gasteiger charge is -2.05. The van der Waals surface area contributed by atoms with Gasteiger partial charge in [0.15, 0.2) is 0 Å². The number of nitriles is 1. The summed E-state index contributed by atoms with van der Waals surface area (Å²) in [4.78, 5) is 11.1. The Morgan fingerprint density at radius 3 is 2.88 bits per heavy atom. The second-order valence-electron chi connectivity index (χ2n) is 3.17. The number of benzene rings is 1. The predicted molar refractivity (Wildman–Crippen MR) is 53.1 cm³/mol. The number of rotatable bonds is 4. The van der Waals surface area contributed by atoms with Gasteiger partial charge in [0, 0.05) is 24.9 Å². The number of nitrogens with one attached hydrogen (secondary N) is 1. The maximum Gasteiger partial charge on any atom is 0.221 e. The first-order valence-corrected chi connectivity index (χ1v) is 4.71. The number of hydrogen-bond acceptors (Lipinski definition) is 2. The number of hydrogen-bond donors (Lipinski definition) is 1. The van der Waals surface area contributed by atoms with Crippen LogP contribution in [0.4, 0.5) is 8.78 Å². The molecule has 0 saturated carbocycles. The minimum atomic E-state index is -0.568. The van der Waals surface area contributed by atoms with Gasteiger partial charge in [-0.05, 0) is 18.2 Å². The summed E-state index contributed by atoms with van der Waals surface area (Å²) < 4.78 is 25.9. The predicted octanol–water partition coefficient (Wildman–Crippen LogP) is 1.88. The van der Waals surface area contributed by atoms with E-state index in [0.717, 1.165) is 18.2 Å². The maximum absolute atomic E-state index is 13.1. The van der Waals surface area contributed by atoms with Crippen LogP contribution < -0.4 is 5.32 Å². The topological polar surface area (TPSA) is 52.9 Å². The molecule has 0 saturated heterocycles. The Labute approximate surface area is 91.7 Å². The Morgan fingerprint density at radius 2 is 2.19 bits per heavy atom. The molecule has 1 amide bonds. The lowest BCUT2D eigenvalue weighted by atomic mass is 10.2. The molecule has 0 heterocycles. The zero-order chi connectivity index (χ0) is 12.0. The van der Waals surface area contributed by atoms with Crippen molar-refractivity contribution in [3.05, 3.63) is 35.4 Å². The molecular weight excluding hydrogens is 214 g/mol. The third kappa shape index (κ3) is 3.65. The molecule has 0 spiro atoms. The van der Waals surface area contributed by atoms with Crippen LogP contribution in [0.2, 0.25) is 0 Å². The molecule has 84 valence electrons.